The van der Waals surface area contributed by atoms with E-state index < -0.39 is 5.76 Å². The van der Waals surface area contributed by atoms with Crippen molar-refractivity contribution in [3.05, 3.63) is 52.1 Å². The van der Waals surface area contributed by atoms with E-state index in [1.165, 1.54) is 6.20 Å². The average Bonchev–Trinajstić information content (AvgIpc) is 3.11. The number of pyridine rings is 1. The topological polar surface area (TPSA) is 46.1 Å². The summed E-state index contributed by atoms with van der Waals surface area (Å²) in [6.45, 7) is 1.13. The number of fused-ring (bicyclic) bond motifs is 1. The Morgan fingerprint density at radius 1 is 1.29 bits per heavy atom. The molecule has 0 saturated carbocycles. The molecule has 4 rings (SSSR count). The molecule has 3 aromatic rings. The molecule has 1 saturated heterocycles. The fraction of sp³-hybridized carbons (Fsp3) is 0.316. The van der Waals surface area contributed by atoms with Crippen molar-refractivity contribution in [2.75, 3.05) is 13.1 Å². The zero-order chi connectivity index (χ0) is 19.7. The number of halogens is 3. The van der Waals surface area contributed by atoms with E-state index in [4.69, 9.17) is 16.6 Å². The Labute approximate surface area is 173 Å². The molecule has 0 unspecified atom stereocenters. The lowest BCUT2D eigenvalue weighted by Crippen LogP contribution is -2.38. The highest BCUT2D eigenvalue weighted by molar-refractivity contribution is 7.99. The molecular weight excluding hydrogens is 424 g/mol. The summed E-state index contributed by atoms with van der Waals surface area (Å²) in [6.07, 6.45) is 3.00. The number of hydrogen-bond donors (Lipinski definition) is 0. The van der Waals surface area contributed by atoms with Crippen LogP contribution in [0.15, 0.2) is 41.6 Å². The van der Waals surface area contributed by atoms with Crippen molar-refractivity contribution in [3.8, 4) is 0 Å². The smallest absolute Gasteiger partial charge is 0.290 e. The lowest BCUT2D eigenvalue weighted by Gasteiger charge is -2.31. The van der Waals surface area contributed by atoms with Crippen LogP contribution in [0.5, 0.6) is 0 Å². The number of amides is 1. The molecule has 28 heavy (non-hydrogen) atoms. The number of rotatable bonds is 4. The van der Waals surface area contributed by atoms with Gasteiger partial charge in [0.25, 0.3) is 11.7 Å². The average molecular weight is 440 g/mol. The van der Waals surface area contributed by atoms with Crippen molar-refractivity contribution in [1.82, 2.24) is 14.9 Å². The van der Waals surface area contributed by atoms with Crippen LogP contribution >= 0.6 is 34.7 Å². The summed E-state index contributed by atoms with van der Waals surface area (Å²) < 4.78 is 26.6. The second-order valence-corrected chi connectivity index (χ2v) is 8.94. The van der Waals surface area contributed by atoms with Gasteiger partial charge in [-0.15, -0.1) is 11.3 Å². The maximum atomic E-state index is 12.8. The Balaban J connectivity index is 1.46. The Morgan fingerprint density at radius 2 is 2.07 bits per heavy atom. The van der Waals surface area contributed by atoms with Crippen molar-refractivity contribution in [3.63, 3.8) is 0 Å². The van der Waals surface area contributed by atoms with Crippen molar-refractivity contribution < 1.29 is 13.6 Å². The van der Waals surface area contributed by atoms with Crippen molar-refractivity contribution in [2.45, 2.75) is 29.5 Å². The summed E-state index contributed by atoms with van der Waals surface area (Å²) >= 11 is 8.00. The number of thioether (sulfide) groups is 1. The van der Waals surface area contributed by atoms with Gasteiger partial charge >= 0.3 is 0 Å². The zero-order valence-corrected chi connectivity index (χ0v) is 17.0. The highest BCUT2D eigenvalue weighted by Gasteiger charge is 2.28. The molecule has 0 radical (unpaired) electrons. The van der Waals surface area contributed by atoms with Gasteiger partial charge in [-0.1, -0.05) is 11.6 Å². The molecule has 0 N–H and O–H groups in total. The van der Waals surface area contributed by atoms with E-state index in [1.54, 1.807) is 28.4 Å². The number of alkyl halides is 2. The van der Waals surface area contributed by atoms with Crippen LogP contribution in [0.1, 0.15) is 34.1 Å². The highest BCUT2D eigenvalue weighted by Crippen LogP contribution is 2.35. The van der Waals surface area contributed by atoms with Gasteiger partial charge in [0.05, 0.1) is 20.8 Å². The van der Waals surface area contributed by atoms with Crippen LogP contribution in [0, 0.1) is 0 Å². The standard InChI is InChI=1S/C19H16ClF2N3OS2/c20-12-3-4-15-14(10-12)24-16(27-15)11-5-8-25(9-6-11)18(26)13-2-1-7-23-17(13)28-19(21)22/h1-4,7,10-11,19H,5-6,8-9H2. The number of likely N-dealkylation sites (tertiary alicyclic amines) is 1. The van der Waals surface area contributed by atoms with E-state index in [0.717, 1.165) is 28.1 Å². The van der Waals surface area contributed by atoms with Gasteiger partial charge in [0.2, 0.25) is 0 Å². The highest BCUT2D eigenvalue weighted by atomic mass is 35.5. The molecule has 1 aliphatic heterocycles. The minimum absolute atomic E-state index is 0.0766. The fourth-order valence-electron chi connectivity index (χ4n) is 3.32. The first-order valence-electron chi connectivity index (χ1n) is 8.76. The minimum atomic E-state index is -2.61. The third-order valence-corrected chi connectivity index (χ3v) is 6.86. The van der Waals surface area contributed by atoms with Crippen LogP contribution in [0.3, 0.4) is 0 Å². The molecule has 4 nitrogen and oxygen atoms in total. The molecule has 2 aromatic heterocycles. The summed E-state index contributed by atoms with van der Waals surface area (Å²) in [5, 5.41) is 1.80. The van der Waals surface area contributed by atoms with Gasteiger partial charge in [0.15, 0.2) is 0 Å². The van der Waals surface area contributed by atoms with E-state index in [9.17, 15) is 13.6 Å². The zero-order valence-electron chi connectivity index (χ0n) is 14.6. The minimum Gasteiger partial charge on any atom is -0.339 e. The molecule has 1 fully saturated rings. The summed E-state index contributed by atoms with van der Waals surface area (Å²) in [6, 6.07) is 8.85. The van der Waals surface area contributed by atoms with Crippen LogP contribution < -0.4 is 0 Å². The normalized spacial score (nSPS) is 15.5. The molecule has 1 amide bonds. The summed E-state index contributed by atoms with van der Waals surface area (Å²) in [7, 11) is 0. The summed E-state index contributed by atoms with van der Waals surface area (Å²) in [4.78, 5) is 23.2. The summed E-state index contributed by atoms with van der Waals surface area (Å²) in [5.74, 6) is -2.57. The van der Waals surface area contributed by atoms with Crippen molar-refractivity contribution in [1.29, 1.82) is 0 Å². The van der Waals surface area contributed by atoms with Crippen LogP contribution in [0.4, 0.5) is 8.78 Å². The molecule has 0 bridgehead atoms. The van der Waals surface area contributed by atoms with Crippen LogP contribution in [-0.2, 0) is 0 Å². The van der Waals surface area contributed by atoms with Crippen molar-refractivity contribution in [2.24, 2.45) is 0 Å². The second kappa shape index (κ2) is 8.31. The number of thiazole rings is 1. The first-order chi connectivity index (χ1) is 13.5. The van der Waals surface area contributed by atoms with E-state index in [-0.39, 0.29) is 22.4 Å². The molecule has 3 heterocycles. The number of piperidine rings is 1. The molecule has 9 heteroatoms. The number of carbonyl (C=O) groups is 1. The van der Waals surface area contributed by atoms with E-state index in [1.807, 2.05) is 18.2 Å². The third-order valence-electron chi connectivity index (χ3n) is 4.70. The predicted octanol–water partition coefficient (Wildman–Crippen LogP) is 5.68. The summed E-state index contributed by atoms with van der Waals surface area (Å²) in [5.41, 5.74) is 1.14. The van der Waals surface area contributed by atoms with Crippen molar-refractivity contribution >= 4 is 50.8 Å². The number of aromatic nitrogens is 2. The van der Waals surface area contributed by atoms with Gasteiger partial charge in [0.1, 0.15) is 5.03 Å². The van der Waals surface area contributed by atoms with Crippen LogP contribution in [0.2, 0.25) is 5.02 Å². The molecule has 0 atom stereocenters. The molecule has 0 aliphatic carbocycles. The van der Waals surface area contributed by atoms with Gasteiger partial charge in [-0.25, -0.2) is 9.97 Å². The largest absolute Gasteiger partial charge is 0.339 e. The fourth-order valence-corrected chi connectivity index (χ4v) is 5.18. The third kappa shape index (κ3) is 4.14. The lowest BCUT2D eigenvalue weighted by atomic mass is 9.97. The number of benzene rings is 1. The van der Waals surface area contributed by atoms with Gasteiger partial charge < -0.3 is 4.90 Å². The van der Waals surface area contributed by atoms with Gasteiger partial charge in [0, 0.05) is 30.2 Å². The SMILES string of the molecule is O=C(c1cccnc1SC(F)F)N1CCC(c2nc3cc(Cl)ccc3s2)CC1. The molecule has 0 spiro atoms. The number of carbonyl (C=O) groups excluding carboxylic acids is 1. The predicted molar refractivity (Wildman–Crippen MR) is 109 cm³/mol. The molecule has 1 aromatic carbocycles. The maximum Gasteiger partial charge on any atom is 0.290 e. The van der Waals surface area contributed by atoms with Gasteiger partial charge in [-0.2, -0.15) is 8.78 Å². The number of nitrogens with zero attached hydrogens (tertiary/aromatic N) is 3. The first kappa shape index (κ1) is 19.5. The van der Waals surface area contributed by atoms with Crippen LogP contribution in [-0.4, -0.2) is 39.6 Å². The first-order valence-corrected chi connectivity index (χ1v) is 10.8. The molecule has 1 aliphatic rings. The Morgan fingerprint density at radius 3 is 2.82 bits per heavy atom. The Kier molecular flexibility index (Phi) is 5.80. The van der Waals surface area contributed by atoms with E-state index in [0.29, 0.717) is 29.9 Å². The molecule has 146 valence electrons. The maximum absolute atomic E-state index is 12.8. The van der Waals surface area contributed by atoms with Gasteiger partial charge in [-0.3, -0.25) is 4.79 Å². The lowest BCUT2D eigenvalue weighted by molar-refractivity contribution is 0.0708. The monoisotopic (exact) mass is 439 g/mol. The molecular formula is C19H16ClF2N3OS2. The Hall–Kier alpha value is -1.77. The number of hydrogen-bond acceptors (Lipinski definition) is 5. The Bertz CT molecular complexity index is 1010. The van der Waals surface area contributed by atoms with E-state index in [2.05, 4.69) is 4.98 Å². The van der Waals surface area contributed by atoms with E-state index >= 15 is 0 Å². The quantitative estimate of drug-likeness (QED) is 0.491. The van der Waals surface area contributed by atoms with Gasteiger partial charge in [-0.05, 0) is 54.9 Å². The second-order valence-electron chi connectivity index (χ2n) is 6.47. The van der Waals surface area contributed by atoms with Crippen LogP contribution in [0.25, 0.3) is 10.2 Å².